The van der Waals surface area contributed by atoms with E-state index >= 15 is 0 Å². The van der Waals surface area contributed by atoms with Gasteiger partial charge in [0.1, 0.15) is 0 Å². The number of pyridine rings is 1. The highest BCUT2D eigenvalue weighted by atomic mass is 16.2. The number of aromatic nitrogens is 3. The van der Waals surface area contributed by atoms with Crippen LogP contribution >= 0.6 is 0 Å². The third-order valence-corrected chi connectivity index (χ3v) is 3.49. The molecule has 0 radical (unpaired) electrons. The van der Waals surface area contributed by atoms with Gasteiger partial charge in [-0.3, -0.25) is 19.4 Å². The minimum atomic E-state index is -0.457. The molecule has 0 unspecified atom stereocenters. The number of nitrogens with one attached hydrogen (secondary N) is 3. The Labute approximate surface area is 142 Å². The van der Waals surface area contributed by atoms with E-state index in [1.165, 1.54) is 6.20 Å². The van der Waals surface area contributed by atoms with Crippen LogP contribution in [0.3, 0.4) is 0 Å². The molecule has 2 amide bonds. The predicted octanol–water partition coefficient (Wildman–Crippen LogP) is 1.08. The summed E-state index contributed by atoms with van der Waals surface area (Å²) in [4.78, 5) is 39.7. The Morgan fingerprint density at radius 2 is 1.88 bits per heavy atom. The molecule has 0 bridgehead atoms. The first-order chi connectivity index (χ1) is 12.1. The molecule has 0 aliphatic heterocycles. The van der Waals surface area contributed by atoms with Crippen molar-refractivity contribution in [2.24, 2.45) is 0 Å². The van der Waals surface area contributed by atoms with Crippen LogP contribution in [0.5, 0.6) is 0 Å². The number of nitrogens with zero attached hydrogens (tertiary/aromatic N) is 2. The van der Waals surface area contributed by atoms with E-state index < -0.39 is 5.91 Å². The Morgan fingerprint density at radius 1 is 1.08 bits per heavy atom. The Hall–Kier alpha value is -3.55. The van der Waals surface area contributed by atoms with Crippen LogP contribution in [-0.4, -0.2) is 33.5 Å². The summed E-state index contributed by atoms with van der Waals surface area (Å²) < 4.78 is 0. The molecule has 0 fully saturated rings. The maximum atomic E-state index is 12.3. The van der Waals surface area contributed by atoms with Crippen LogP contribution in [0, 0.1) is 0 Å². The summed E-state index contributed by atoms with van der Waals surface area (Å²) in [7, 11) is 0. The van der Waals surface area contributed by atoms with E-state index in [9.17, 15) is 14.4 Å². The van der Waals surface area contributed by atoms with Gasteiger partial charge < -0.3 is 10.6 Å². The predicted molar refractivity (Wildman–Crippen MR) is 92.2 cm³/mol. The molecule has 0 saturated carbocycles. The summed E-state index contributed by atoms with van der Waals surface area (Å²) >= 11 is 0. The molecule has 0 spiro atoms. The topological polar surface area (TPSA) is 117 Å². The molecule has 3 rings (SSSR count). The first-order valence-electron chi connectivity index (χ1n) is 7.60. The van der Waals surface area contributed by atoms with Crippen LogP contribution < -0.4 is 16.2 Å². The standard InChI is InChI=1S/C17H15N5O3/c23-14(20-11-4-3-8-18-10-11)7-9-19-17(25)15-12-5-1-2-6-13(12)16(24)22-21-15/h1-6,8,10H,7,9H2,(H,19,25)(H,20,23)(H,22,24). The fourth-order valence-electron chi connectivity index (χ4n) is 2.32. The number of amides is 2. The molecule has 1 aromatic carbocycles. The summed E-state index contributed by atoms with van der Waals surface area (Å²) in [5.74, 6) is -0.700. The van der Waals surface area contributed by atoms with Gasteiger partial charge in [-0.1, -0.05) is 18.2 Å². The average molecular weight is 337 g/mol. The number of benzene rings is 1. The van der Waals surface area contributed by atoms with E-state index in [4.69, 9.17) is 0 Å². The van der Waals surface area contributed by atoms with Crippen LogP contribution in [0.25, 0.3) is 10.8 Å². The van der Waals surface area contributed by atoms with Gasteiger partial charge in [-0.2, -0.15) is 5.10 Å². The van der Waals surface area contributed by atoms with Crippen LogP contribution in [-0.2, 0) is 4.79 Å². The minimum Gasteiger partial charge on any atom is -0.350 e. The van der Waals surface area contributed by atoms with Gasteiger partial charge in [-0.25, -0.2) is 5.10 Å². The molecule has 0 aliphatic carbocycles. The van der Waals surface area contributed by atoms with Gasteiger partial charge in [0, 0.05) is 24.5 Å². The van der Waals surface area contributed by atoms with Crippen molar-refractivity contribution in [3.05, 3.63) is 64.8 Å². The fourth-order valence-corrected chi connectivity index (χ4v) is 2.32. The second kappa shape index (κ2) is 7.35. The number of hydrogen-bond donors (Lipinski definition) is 3. The monoisotopic (exact) mass is 337 g/mol. The van der Waals surface area contributed by atoms with Gasteiger partial charge in [-0.05, 0) is 18.2 Å². The lowest BCUT2D eigenvalue weighted by Crippen LogP contribution is -2.29. The molecule has 0 saturated heterocycles. The zero-order valence-electron chi connectivity index (χ0n) is 13.2. The third kappa shape index (κ3) is 3.86. The maximum absolute atomic E-state index is 12.3. The van der Waals surface area contributed by atoms with Crippen LogP contribution in [0.15, 0.2) is 53.6 Å². The lowest BCUT2D eigenvalue weighted by Gasteiger charge is -2.07. The van der Waals surface area contributed by atoms with Crippen molar-refractivity contribution in [3.8, 4) is 0 Å². The quantitative estimate of drug-likeness (QED) is 0.644. The van der Waals surface area contributed by atoms with Crippen LogP contribution in [0.4, 0.5) is 5.69 Å². The zero-order valence-corrected chi connectivity index (χ0v) is 13.2. The minimum absolute atomic E-state index is 0.0991. The van der Waals surface area contributed by atoms with Crippen molar-refractivity contribution in [2.45, 2.75) is 6.42 Å². The smallest absolute Gasteiger partial charge is 0.272 e. The van der Waals surface area contributed by atoms with Crippen molar-refractivity contribution in [2.75, 3.05) is 11.9 Å². The number of H-pyrrole nitrogens is 1. The van der Waals surface area contributed by atoms with Gasteiger partial charge >= 0.3 is 0 Å². The van der Waals surface area contributed by atoms with E-state index in [0.717, 1.165) is 0 Å². The first-order valence-corrected chi connectivity index (χ1v) is 7.60. The first kappa shape index (κ1) is 16.3. The summed E-state index contributed by atoms with van der Waals surface area (Å²) in [6.07, 6.45) is 3.24. The summed E-state index contributed by atoms with van der Waals surface area (Å²) in [5, 5.41) is 12.3. The lowest BCUT2D eigenvalue weighted by atomic mass is 10.1. The zero-order chi connectivity index (χ0) is 17.6. The van der Waals surface area contributed by atoms with Gasteiger partial charge in [0.15, 0.2) is 5.69 Å². The van der Waals surface area contributed by atoms with Gasteiger partial charge in [0.2, 0.25) is 5.91 Å². The van der Waals surface area contributed by atoms with E-state index in [2.05, 4.69) is 25.8 Å². The largest absolute Gasteiger partial charge is 0.350 e. The van der Waals surface area contributed by atoms with Crippen molar-refractivity contribution in [1.29, 1.82) is 0 Å². The number of anilines is 1. The number of carbonyl (C=O) groups excluding carboxylic acids is 2. The highest BCUT2D eigenvalue weighted by Gasteiger charge is 2.14. The number of hydrogen-bond acceptors (Lipinski definition) is 5. The SMILES string of the molecule is O=C(CCNC(=O)c1n[nH]c(=O)c2ccccc12)Nc1cccnc1. The van der Waals surface area contributed by atoms with Crippen molar-refractivity contribution in [1.82, 2.24) is 20.5 Å². The van der Waals surface area contributed by atoms with E-state index in [-0.39, 0.29) is 30.1 Å². The molecule has 0 aliphatic rings. The summed E-state index contributed by atoms with van der Waals surface area (Å²) in [6.45, 7) is 0.139. The summed E-state index contributed by atoms with van der Waals surface area (Å²) in [6, 6.07) is 10.1. The van der Waals surface area contributed by atoms with E-state index in [0.29, 0.717) is 16.5 Å². The molecule has 3 aromatic rings. The molecule has 3 N–H and O–H groups in total. The van der Waals surface area contributed by atoms with Crippen molar-refractivity contribution >= 4 is 28.3 Å². The molecule has 0 atom stereocenters. The number of aromatic amines is 1. The number of fused-ring (bicyclic) bond motifs is 1. The Kier molecular flexibility index (Phi) is 4.79. The van der Waals surface area contributed by atoms with Crippen molar-refractivity contribution < 1.29 is 9.59 Å². The maximum Gasteiger partial charge on any atom is 0.272 e. The Balaban J connectivity index is 1.61. The fraction of sp³-hybridized carbons (Fsp3) is 0.118. The molecule has 25 heavy (non-hydrogen) atoms. The average Bonchev–Trinajstić information content (AvgIpc) is 2.63. The second-order valence-electron chi connectivity index (χ2n) is 5.24. The highest BCUT2D eigenvalue weighted by Crippen LogP contribution is 2.12. The third-order valence-electron chi connectivity index (χ3n) is 3.49. The molecular weight excluding hydrogens is 322 g/mol. The number of rotatable bonds is 5. The van der Waals surface area contributed by atoms with E-state index in [1.807, 2.05) is 0 Å². The molecule has 126 valence electrons. The second-order valence-corrected chi connectivity index (χ2v) is 5.24. The number of carbonyl (C=O) groups is 2. The molecular formula is C17H15N5O3. The molecule has 2 aromatic heterocycles. The van der Waals surface area contributed by atoms with Gasteiger partial charge in [0.25, 0.3) is 11.5 Å². The molecule has 8 heteroatoms. The molecule has 2 heterocycles. The lowest BCUT2D eigenvalue weighted by molar-refractivity contribution is -0.116. The van der Waals surface area contributed by atoms with Crippen molar-refractivity contribution in [3.63, 3.8) is 0 Å². The Bertz CT molecular complexity index is 969. The van der Waals surface area contributed by atoms with Gasteiger partial charge in [0.05, 0.1) is 17.3 Å². The normalized spacial score (nSPS) is 10.4. The highest BCUT2D eigenvalue weighted by molar-refractivity contribution is 6.04. The van der Waals surface area contributed by atoms with Crippen LogP contribution in [0.2, 0.25) is 0 Å². The van der Waals surface area contributed by atoms with Gasteiger partial charge in [-0.15, -0.1) is 0 Å². The Morgan fingerprint density at radius 3 is 2.64 bits per heavy atom. The molecule has 8 nitrogen and oxygen atoms in total. The van der Waals surface area contributed by atoms with Crippen LogP contribution in [0.1, 0.15) is 16.9 Å². The summed E-state index contributed by atoms with van der Waals surface area (Å²) in [5.41, 5.74) is 0.345. The van der Waals surface area contributed by atoms with E-state index in [1.54, 1.807) is 42.6 Å².